The number of sulfonamides is 1. The third-order valence-corrected chi connectivity index (χ3v) is 6.44. The van der Waals surface area contributed by atoms with Crippen LogP contribution in [0.3, 0.4) is 0 Å². The smallest absolute Gasteiger partial charge is 0.308 e. The summed E-state index contributed by atoms with van der Waals surface area (Å²) in [6.07, 6.45) is 3.79. The Morgan fingerprint density at radius 2 is 1.78 bits per heavy atom. The molecule has 27 heavy (non-hydrogen) atoms. The number of halogens is 1. The van der Waals surface area contributed by atoms with E-state index in [-0.39, 0.29) is 22.2 Å². The minimum absolute atomic E-state index is 0.0287. The van der Waals surface area contributed by atoms with E-state index in [9.17, 15) is 17.6 Å². The van der Waals surface area contributed by atoms with Gasteiger partial charge in [-0.2, -0.15) is 0 Å². The van der Waals surface area contributed by atoms with Crippen LogP contribution in [0.2, 0.25) is 0 Å². The molecule has 142 valence electrons. The number of fused-ring (bicyclic) bond motifs is 2. The van der Waals surface area contributed by atoms with E-state index in [2.05, 4.69) is 5.32 Å². The second kappa shape index (κ2) is 6.31. The van der Waals surface area contributed by atoms with Crippen molar-refractivity contribution in [2.75, 3.05) is 16.8 Å². The van der Waals surface area contributed by atoms with Crippen LogP contribution in [-0.2, 0) is 15.4 Å². The molecule has 1 aliphatic carbocycles. The Morgan fingerprint density at radius 1 is 1.11 bits per heavy atom. The summed E-state index contributed by atoms with van der Waals surface area (Å²) >= 11 is 0. The maximum Gasteiger partial charge on any atom is 0.326 e. The van der Waals surface area contributed by atoms with E-state index >= 15 is 0 Å². The summed E-state index contributed by atoms with van der Waals surface area (Å²) in [5.41, 5.74) is 1.38. The summed E-state index contributed by atoms with van der Waals surface area (Å²) in [6.45, 7) is 0.449. The minimum Gasteiger partial charge on any atom is -0.308 e. The number of rotatable bonds is 2. The Morgan fingerprint density at radius 3 is 2.41 bits per heavy atom. The van der Waals surface area contributed by atoms with Gasteiger partial charge in [0.25, 0.3) is 0 Å². The van der Waals surface area contributed by atoms with Crippen molar-refractivity contribution in [2.24, 2.45) is 5.14 Å². The highest BCUT2D eigenvalue weighted by Gasteiger charge is 2.48. The SMILES string of the molecule is NS(=O)(=O)c1ccc(NC(=O)N2CC3(CCCC3)c3c(F)cccc32)cc1. The number of nitrogens with one attached hydrogen (secondary N) is 1. The molecule has 8 heteroatoms. The molecule has 1 fully saturated rings. The molecule has 0 radical (unpaired) electrons. The fourth-order valence-corrected chi connectivity index (χ4v) is 4.81. The lowest BCUT2D eigenvalue weighted by Crippen LogP contribution is -2.38. The van der Waals surface area contributed by atoms with Gasteiger partial charge in [-0.1, -0.05) is 18.9 Å². The van der Waals surface area contributed by atoms with Gasteiger partial charge in [0.05, 0.1) is 10.6 Å². The van der Waals surface area contributed by atoms with Crippen LogP contribution in [0.25, 0.3) is 0 Å². The van der Waals surface area contributed by atoms with Gasteiger partial charge in [0, 0.05) is 23.2 Å². The summed E-state index contributed by atoms with van der Waals surface area (Å²) < 4.78 is 37.3. The lowest BCUT2D eigenvalue weighted by atomic mass is 9.80. The zero-order chi connectivity index (χ0) is 19.2. The number of hydrogen-bond donors (Lipinski definition) is 2. The molecule has 1 spiro atoms. The average molecular weight is 389 g/mol. The van der Waals surface area contributed by atoms with Crippen molar-refractivity contribution in [3.05, 3.63) is 53.8 Å². The van der Waals surface area contributed by atoms with Crippen molar-refractivity contribution >= 4 is 27.4 Å². The number of primary sulfonamides is 1. The van der Waals surface area contributed by atoms with E-state index in [4.69, 9.17) is 5.14 Å². The van der Waals surface area contributed by atoms with Gasteiger partial charge in [0.2, 0.25) is 10.0 Å². The topological polar surface area (TPSA) is 92.5 Å². The number of carbonyl (C=O) groups is 1. The quantitative estimate of drug-likeness (QED) is 0.825. The Bertz CT molecular complexity index is 999. The molecule has 0 aromatic heterocycles. The summed E-state index contributed by atoms with van der Waals surface area (Å²) in [6, 6.07) is 10.1. The number of urea groups is 1. The second-order valence-corrected chi connectivity index (χ2v) is 8.77. The molecule has 2 aromatic rings. The van der Waals surface area contributed by atoms with Gasteiger partial charge in [-0.15, -0.1) is 0 Å². The van der Waals surface area contributed by atoms with Crippen molar-refractivity contribution in [1.29, 1.82) is 0 Å². The number of amides is 2. The lowest BCUT2D eigenvalue weighted by molar-refractivity contribution is 0.256. The zero-order valence-electron chi connectivity index (χ0n) is 14.6. The highest BCUT2D eigenvalue weighted by atomic mass is 32.2. The minimum atomic E-state index is -3.79. The van der Waals surface area contributed by atoms with Gasteiger partial charge in [-0.3, -0.25) is 4.90 Å². The first-order valence-corrected chi connectivity index (χ1v) is 10.4. The summed E-state index contributed by atoms with van der Waals surface area (Å²) in [5, 5.41) is 7.84. The molecule has 1 saturated carbocycles. The molecular weight excluding hydrogens is 369 g/mol. The number of carbonyl (C=O) groups excluding carboxylic acids is 1. The molecule has 2 aliphatic rings. The maximum atomic E-state index is 14.6. The molecule has 2 aromatic carbocycles. The van der Waals surface area contributed by atoms with Crippen LogP contribution in [0, 0.1) is 5.82 Å². The number of anilines is 2. The van der Waals surface area contributed by atoms with E-state index in [1.165, 1.54) is 30.3 Å². The van der Waals surface area contributed by atoms with Crippen molar-refractivity contribution in [3.8, 4) is 0 Å². The van der Waals surface area contributed by atoms with Crippen LogP contribution in [0.1, 0.15) is 31.2 Å². The first-order chi connectivity index (χ1) is 12.8. The third kappa shape index (κ3) is 3.08. The Hall–Kier alpha value is -2.45. The van der Waals surface area contributed by atoms with Crippen LogP contribution in [0.15, 0.2) is 47.4 Å². The predicted molar refractivity (Wildman–Crippen MR) is 101 cm³/mol. The normalized spacial score (nSPS) is 17.9. The monoisotopic (exact) mass is 389 g/mol. The Balaban J connectivity index is 1.61. The largest absolute Gasteiger partial charge is 0.326 e. The number of nitrogens with two attached hydrogens (primary N) is 1. The number of benzene rings is 2. The van der Waals surface area contributed by atoms with Gasteiger partial charge in [-0.25, -0.2) is 22.7 Å². The molecule has 0 unspecified atom stereocenters. The van der Waals surface area contributed by atoms with Crippen molar-refractivity contribution in [1.82, 2.24) is 0 Å². The first-order valence-electron chi connectivity index (χ1n) is 8.81. The Kier molecular flexibility index (Phi) is 4.20. The maximum absolute atomic E-state index is 14.6. The predicted octanol–water partition coefficient (Wildman–Crippen LogP) is 3.34. The van der Waals surface area contributed by atoms with Crippen LogP contribution < -0.4 is 15.4 Å². The standard InChI is InChI=1S/C19H20FN3O3S/c20-15-4-3-5-16-17(15)19(10-1-2-11-19)12-23(16)18(24)22-13-6-8-14(9-7-13)27(21,25)26/h3-9H,1-2,10-12H2,(H,22,24)(H2,21,25,26). The van der Waals surface area contributed by atoms with Crippen LogP contribution >= 0.6 is 0 Å². The molecular formula is C19H20FN3O3S. The highest BCUT2D eigenvalue weighted by molar-refractivity contribution is 7.89. The van der Waals surface area contributed by atoms with Crippen LogP contribution in [-0.4, -0.2) is 21.0 Å². The second-order valence-electron chi connectivity index (χ2n) is 7.21. The summed E-state index contributed by atoms with van der Waals surface area (Å²) in [4.78, 5) is 14.4. The Labute approximate surface area is 157 Å². The molecule has 2 amide bonds. The zero-order valence-corrected chi connectivity index (χ0v) is 15.4. The first kappa shape index (κ1) is 17.9. The fraction of sp³-hybridized carbons (Fsp3) is 0.316. The van der Waals surface area contributed by atoms with Gasteiger partial charge < -0.3 is 5.32 Å². The van der Waals surface area contributed by atoms with Gasteiger partial charge in [-0.05, 0) is 49.2 Å². The van der Waals surface area contributed by atoms with E-state index < -0.39 is 10.0 Å². The average Bonchev–Trinajstić information content (AvgIpc) is 3.21. The molecule has 0 atom stereocenters. The lowest BCUT2D eigenvalue weighted by Gasteiger charge is -2.25. The van der Waals surface area contributed by atoms with Gasteiger partial charge >= 0.3 is 6.03 Å². The number of nitrogens with zero attached hydrogens (tertiary/aromatic N) is 1. The van der Waals surface area contributed by atoms with E-state index in [1.54, 1.807) is 17.0 Å². The molecule has 1 heterocycles. The third-order valence-electron chi connectivity index (χ3n) is 5.51. The fourth-order valence-electron chi connectivity index (χ4n) is 4.29. The van der Waals surface area contributed by atoms with Crippen LogP contribution in [0.4, 0.5) is 20.6 Å². The van der Waals surface area contributed by atoms with Gasteiger partial charge in [0.1, 0.15) is 5.82 Å². The molecule has 0 saturated heterocycles. The van der Waals surface area contributed by atoms with Crippen LogP contribution in [0.5, 0.6) is 0 Å². The van der Waals surface area contributed by atoms with E-state index in [1.807, 2.05) is 0 Å². The van der Waals surface area contributed by atoms with E-state index in [0.717, 1.165) is 25.7 Å². The molecule has 6 nitrogen and oxygen atoms in total. The summed E-state index contributed by atoms with van der Waals surface area (Å²) in [5.74, 6) is -0.262. The van der Waals surface area contributed by atoms with Gasteiger partial charge in [0.15, 0.2) is 0 Å². The van der Waals surface area contributed by atoms with Crippen molar-refractivity contribution in [2.45, 2.75) is 36.0 Å². The molecule has 4 rings (SSSR count). The van der Waals surface area contributed by atoms with Crippen molar-refractivity contribution in [3.63, 3.8) is 0 Å². The molecule has 0 bridgehead atoms. The van der Waals surface area contributed by atoms with Crippen molar-refractivity contribution < 1.29 is 17.6 Å². The highest BCUT2D eigenvalue weighted by Crippen LogP contribution is 2.51. The van der Waals surface area contributed by atoms with E-state index in [0.29, 0.717) is 23.5 Å². The molecule has 3 N–H and O–H groups in total. The number of hydrogen-bond acceptors (Lipinski definition) is 3. The summed E-state index contributed by atoms with van der Waals surface area (Å²) in [7, 11) is -3.79. The molecule has 1 aliphatic heterocycles.